The molecular formula is C7H7ClN4O. The van der Waals surface area contributed by atoms with Gasteiger partial charge in [0.2, 0.25) is 0 Å². The van der Waals surface area contributed by atoms with Crippen molar-refractivity contribution in [3.8, 4) is 0 Å². The summed E-state index contributed by atoms with van der Waals surface area (Å²) in [5, 5.41) is 17.3. The highest BCUT2D eigenvalue weighted by Crippen LogP contribution is 2.12. The van der Waals surface area contributed by atoms with Crippen LogP contribution in [0.3, 0.4) is 0 Å². The molecule has 6 heteroatoms. The molecule has 1 atom stereocenters. The monoisotopic (exact) mass is 198 g/mol. The molecule has 2 aromatic rings. The first-order valence-electron chi connectivity index (χ1n) is 3.72. The van der Waals surface area contributed by atoms with Crippen molar-refractivity contribution in [1.82, 2.24) is 19.6 Å². The van der Waals surface area contributed by atoms with Gasteiger partial charge in [-0.2, -0.15) is 0 Å². The van der Waals surface area contributed by atoms with Crippen molar-refractivity contribution < 1.29 is 5.11 Å². The minimum absolute atomic E-state index is 0.358. The Morgan fingerprint density at radius 2 is 2.31 bits per heavy atom. The van der Waals surface area contributed by atoms with Crippen LogP contribution < -0.4 is 0 Å². The number of rotatable bonds is 1. The van der Waals surface area contributed by atoms with Crippen LogP contribution in [0, 0.1) is 0 Å². The smallest absolute Gasteiger partial charge is 0.167 e. The van der Waals surface area contributed by atoms with Gasteiger partial charge in [0.25, 0.3) is 0 Å². The van der Waals surface area contributed by atoms with E-state index in [-0.39, 0.29) is 0 Å². The number of fused-ring (bicyclic) bond motifs is 1. The Bertz CT molecular complexity index is 439. The average Bonchev–Trinajstić information content (AvgIpc) is 2.46. The maximum absolute atomic E-state index is 9.30. The van der Waals surface area contributed by atoms with Gasteiger partial charge >= 0.3 is 0 Å². The van der Waals surface area contributed by atoms with E-state index in [0.29, 0.717) is 16.6 Å². The summed E-state index contributed by atoms with van der Waals surface area (Å²) in [5.41, 5.74) is 0.580. The molecule has 0 bridgehead atoms. The summed E-state index contributed by atoms with van der Waals surface area (Å²) in [7, 11) is 0. The lowest BCUT2D eigenvalue weighted by molar-refractivity contribution is 0.187. The number of hydrogen-bond donors (Lipinski definition) is 1. The van der Waals surface area contributed by atoms with Crippen molar-refractivity contribution >= 4 is 17.2 Å². The predicted octanol–water partition coefficient (Wildman–Crippen LogP) is 0.831. The van der Waals surface area contributed by atoms with E-state index in [0.717, 1.165) is 0 Å². The third-order valence-corrected chi connectivity index (χ3v) is 1.87. The van der Waals surface area contributed by atoms with Gasteiger partial charge in [-0.1, -0.05) is 11.6 Å². The van der Waals surface area contributed by atoms with Gasteiger partial charge in [-0.25, -0.2) is 4.98 Å². The van der Waals surface area contributed by atoms with Crippen molar-refractivity contribution in [1.29, 1.82) is 0 Å². The fourth-order valence-corrected chi connectivity index (χ4v) is 1.22. The number of hydrogen-bond acceptors (Lipinski definition) is 4. The van der Waals surface area contributed by atoms with Gasteiger partial charge in [0.1, 0.15) is 17.6 Å². The SMILES string of the molecule is C[C@H](O)c1nnc2cc(Cl)ncn12. The first-order chi connectivity index (χ1) is 6.18. The molecular weight excluding hydrogens is 192 g/mol. The Morgan fingerprint density at radius 3 is 3.00 bits per heavy atom. The third kappa shape index (κ3) is 1.36. The summed E-state index contributed by atoms with van der Waals surface area (Å²) in [6, 6.07) is 1.58. The highest BCUT2D eigenvalue weighted by molar-refractivity contribution is 6.29. The van der Waals surface area contributed by atoms with Crippen molar-refractivity contribution in [2.24, 2.45) is 0 Å². The molecule has 1 N–H and O–H groups in total. The predicted molar refractivity (Wildman–Crippen MR) is 46.4 cm³/mol. The average molecular weight is 199 g/mol. The molecule has 0 unspecified atom stereocenters. The summed E-state index contributed by atoms with van der Waals surface area (Å²) in [6.07, 6.45) is 0.817. The Kier molecular flexibility index (Phi) is 1.90. The molecule has 0 amide bonds. The first-order valence-corrected chi connectivity index (χ1v) is 4.10. The van der Waals surface area contributed by atoms with Crippen LogP contribution in [0.15, 0.2) is 12.4 Å². The second kappa shape index (κ2) is 2.93. The van der Waals surface area contributed by atoms with Crippen LogP contribution >= 0.6 is 11.6 Å². The summed E-state index contributed by atoms with van der Waals surface area (Å²) >= 11 is 5.65. The first kappa shape index (κ1) is 8.40. The lowest BCUT2D eigenvalue weighted by atomic mass is 10.4. The van der Waals surface area contributed by atoms with Gasteiger partial charge in [0.05, 0.1) is 0 Å². The fraction of sp³-hybridized carbons (Fsp3) is 0.286. The third-order valence-electron chi connectivity index (χ3n) is 1.67. The normalized spacial score (nSPS) is 13.5. The highest BCUT2D eigenvalue weighted by Gasteiger charge is 2.10. The molecule has 2 rings (SSSR count). The summed E-state index contributed by atoms with van der Waals surface area (Å²) in [5.74, 6) is 0.458. The molecule has 0 aliphatic heterocycles. The number of aliphatic hydroxyl groups excluding tert-OH is 1. The number of halogens is 1. The summed E-state index contributed by atoms with van der Waals surface area (Å²) in [6.45, 7) is 1.62. The topological polar surface area (TPSA) is 63.3 Å². The zero-order valence-corrected chi connectivity index (χ0v) is 7.60. The van der Waals surface area contributed by atoms with E-state index in [2.05, 4.69) is 15.2 Å². The second-order valence-electron chi connectivity index (χ2n) is 2.67. The lowest BCUT2D eigenvalue weighted by Crippen LogP contribution is -1.99. The van der Waals surface area contributed by atoms with Gasteiger partial charge in [0.15, 0.2) is 11.5 Å². The standard InChI is InChI=1S/C7H7ClN4O/c1-4(13)7-11-10-6-2-5(8)9-3-12(6)7/h2-4,13H,1H3/t4-/m0/s1. The number of nitrogens with zero attached hydrogens (tertiary/aromatic N) is 4. The van der Waals surface area contributed by atoms with E-state index in [1.807, 2.05) is 0 Å². The van der Waals surface area contributed by atoms with Crippen LogP contribution in [0.2, 0.25) is 5.15 Å². The molecule has 0 radical (unpaired) electrons. The highest BCUT2D eigenvalue weighted by atomic mass is 35.5. The largest absolute Gasteiger partial charge is 0.385 e. The molecule has 13 heavy (non-hydrogen) atoms. The maximum Gasteiger partial charge on any atom is 0.167 e. The van der Waals surface area contributed by atoms with E-state index in [1.165, 1.54) is 6.33 Å². The van der Waals surface area contributed by atoms with Crippen LogP contribution in [0.5, 0.6) is 0 Å². The van der Waals surface area contributed by atoms with Gasteiger partial charge < -0.3 is 5.11 Å². The Hall–Kier alpha value is -1.20. The van der Waals surface area contributed by atoms with E-state index in [4.69, 9.17) is 11.6 Å². The quantitative estimate of drug-likeness (QED) is 0.690. The lowest BCUT2D eigenvalue weighted by Gasteiger charge is -2.00. The van der Waals surface area contributed by atoms with Crippen molar-refractivity contribution in [3.63, 3.8) is 0 Å². The van der Waals surface area contributed by atoms with E-state index >= 15 is 0 Å². The molecule has 0 aliphatic rings. The second-order valence-corrected chi connectivity index (χ2v) is 3.06. The summed E-state index contributed by atoms with van der Waals surface area (Å²) in [4.78, 5) is 3.86. The van der Waals surface area contributed by atoms with Gasteiger partial charge in [-0.15, -0.1) is 10.2 Å². The van der Waals surface area contributed by atoms with Crippen LogP contribution in [0.4, 0.5) is 0 Å². The summed E-state index contributed by atoms with van der Waals surface area (Å²) < 4.78 is 1.59. The van der Waals surface area contributed by atoms with Crippen LogP contribution in [-0.4, -0.2) is 24.7 Å². The number of aliphatic hydroxyl groups is 1. The minimum Gasteiger partial charge on any atom is -0.385 e. The molecule has 0 saturated carbocycles. The molecule has 0 aromatic carbocycles. The number of aromatic nitrogens is 4. The molecule has 0 spiro atoms. The van der Waals surface area contributed by atoms with E-state index in [1.54, 1.807) is 17.4 Å². The van der Waals surface area contributed by atoms with Crippen LogP contribution in [0.1, 0.15) is 18.9 Å². The Balaban J connectivity index is 2.69. The molecule has 0 saturated heterocycles. The molecule has 2 aromatic heterocycles. The van der Waals surface area contributed by atoms with Crippen LogP contribution in [-0.2, 0) is 0 Å². The van der Waals surface area contributed by atoms with Gasteiger partial charge in [-0.05, 0) is 6.92 Å². The van der Waals surface area contributed by atoms with Crippen molar-refractivity contribution in [2.75, 3.05) is 0 Å². The van der Waals surface area contributed by atoms with E-state index < -0.39 is 6.10 Å². The molecule has 5 nitrogen and oxygen atoms in total. The Labute approximate surface area is 79.0 Å². The molecule has 0 fully saturated rings. The fourth-order valence-electron chi connectivity index (χ4n) is 1.07. The van der Waals surface area contributed by atoms with Crippen molar-refractivity contribution in [2.45, 2.75) is 13.0 Å². The zero-order valence-electron chi connectivity index (χ0n) is 6.85. The molecule has 0 aliphatic carbocycles. The molecule has 68 valence electrons. The van der Waals surface area contributed by atoms with Gasteiger partial charge in [0, 0.05) is 6.07 Å². The Morgan fingerprint density at radius 1 is 1.54 bits per heavy atom. The molecule has 2 heterocycles. The van der Waals surface area contributed by atoms with Crippen molar-refractivity contribution in [3.05, 3.63) is 23.4 Å². The van der Waals surface area contributed by atoms with Crippen LogP contribution in [0.25, 0.3) is 5.65 Å². The van der Waals surface area contributed by atoms with E-state index in [9.17, 15) is 5.11 Å². The van der Waals surface area contributed by atoms with Gasteiger partial charge in [-0.3, -0.25) is 4.40 Å². The zero-order chi connectivity index (χ0) is 9.42. The minimum atomic E-state index is -0.669. The maximum atomic E-state index is 9.30.